The normalized spacial score (nSPS) is 11.2. The molecule has 0 amide bonds. The molecule has 0 saturated heterocycles. The van der Waals surface area contributed by atoms with Crippen LogP contribution < -0.4 is 20.5 Å². The van der Waals surface area contributed by atoms with Crippen molar-refractivity contribution < 1.29 is 13.2 Å². The van der Waals surface area contributed by atoms with Gasteiger partial charge in [-0.25, -0.2) is 13.6 Å². The molecule has 4 N–H and O–H groups in total. The molecule has 114 valence electrons. The summed E-state index contributed by atoms with van der Waals surface area (Å²) in [6, 6.07) is 0.222. The molecule has 0 aromatic carbocycles. The Kier molecular flexibility index (Phi) is 6.39. The Hall–Kier alpha value is -1.68. The maximum absolute atomic E-state index is 10.8. The molecule has 0 unspecified atom stereocenters. The third-order valence-electron chi connectivity index (χ3n) is 2.16. The van der Waals surface area contributed by atoms with Crippen molar-refractivity contribution >= 4 is 21.9 Å². The van der Waals surface area contributed by atoms with E-state index in [0.717, 1.165) is 6.42 Å². The summed E-state index contributed by atoms with van der Waals surface area (Å²) in [4.78, 5) is 12.2. The van der Waals surface area contributed by atoms with Crippen LogP contribution in [0.1, 0.15) is 19.8 Å². The minimum atomic E-state index is -3.44. The molecule has 0 spiro atoms. The Balaban J connectivity index is 2.59. The minimum absolute atomic E-state index is 0.0941. The zero-order chi connectivity index (χ0) is 15.0. The lowest BCUT2D eigenvalue weighted by Crippen LogP contribution is -2.19. The average molecular weight is 304 g/mol. The van der Waals surface area contributed by atoms with Crippen LogP contribution >= 0.6 is 0 Å². The first-order chi connectivity index (χ1) is 9.44. The van der Waals surface area contributed by atoms with Gasteiger partial charge in [0.05, 0.1) is 12.4 Å². The highest BCUT2D eigenvalue weighted by Crippen LogP contribution is 2.10. The molecular weight excluding hydrogens is 284 g/mol. The van der Waals surface area contributed by atoms with Gasteiger partial charge in [-0.15, -0.1) is 0 Å². The Bertz CT molecular complexity index is 522. The molecule has 9 nitrogen and oxygen atoms in total. The zero-order valence-electron chi connectivity index (χ0n) is 11.6. The van der Waals surface area contributed by atoms with Crippen LogP contribution in [0.15, 0.2) is 0 Å². The summed E-state index contributed by atoms with van der Waals surface area (Å²) in [6.45, 7) is 2.88. The van der Waals surface area contributed by atoms with Gasteiger partial charge in [-0.1, -0.05) is 6.92 Å². The Labute approximate surface area is 118 Å². The molecule has 0 fully saturated rings. The molecule has 0 radical (unpaired) electrons. The monoisotopic (exact) mass is 304 g/mol. The molecule has 0 saturated carbocycles. The van der Waals surface area contributed by atoms with Crippen LogP contribution in [0.25, 0.3) is 0 Å². The summed E-state index contributed by atoms with van der Waals surface area (Å²) in [5, 5.41) is 10.6. The lowest BCUT2D eigenvalue weighted by molar-refractivity contribution is 0.292. The molecule has 0 aliphatic heterocycles. The minimum Gasteiger partial charge on any atom is -0.463 e. The third kappa shape index (κ3) is 6.48. The fourth-order valence-corrected chi connectivity index (χ4v) is 1.83. The highest BCUT2D eigenvalue weighted by atomic mass is 32.2. The van der Waals surface area contributed by atoms with E-state index in [4.69, 9.17) is 9.88 Å². The topological polar surface area (TPSA) is 132 Å². The van der Waals surface area contributed by atoms with Crippen LogP contribution in [0.2, 0.25) is 0 Å². The van der Waals surface area contributed by atoms with E-state index < -0.39 is 10.0 Å². The van der Waals surface area contributed by atoms with E-state index in [-0.39, 0.29) is 11.8 Å². The second-order valence-electron chi connectivity index (χ2n) is 4.01. The Morgan fingerprint density at radius 1 is 1.25 bits per heavy atom. The number of nitrogens with two attached hydrogens (primary N) is 1. The molecule has 20 heavy (non-hydrogen) atoms. The summed E-state index contributed by atoms with van der Waals surface area (Å²) < 4.78 is 26.9. The van der Waals surface area contributed by atoms with Gasteiger partial charge in [-0.2, -0.15) is 15.0 Å². The fraction of sp³-hybridized carbons (Fsp3) is 0.700. The van der Waals surface area contributed by atoms with Gasteiger partial charge in [-0.3, -0.25) is 0 Å². The number of nitrogens with one attached hydrogen (secondary N) is 2. The molecule has 10 heteroatoms. The van der Waals surface area contributed by atoms with Crippen molar-refractivity contribution in [1.82, 2.24) is 15.0 Å². The van der Waals surface area contributed by atoms with Crippen LogP contribution in [0.4, 0.5) is 11.9 Å². The van der Waals surface area contributed by atoms with E-state index in [1.54, 1.807) is 7.05 Å². The van der Waals surface area contributed by atoms with E-state index in [2.05, 4.69) is 25.6 Å². The van der Waals surface area contributed by atoms with E-state index in [1.807, 2.05) is 6.92 Å². The van der Waals surface area contributed by atoms with Crippen molar-refractivity contribution in [3.8, 4) is 6.01 Å². The molecule has 0 aliphatic rings. The van der Waals surface area contributed by atoms with Gasteiger partial charge in [-0.05, 0) is 12.8 Å². The van der Waals surface area contributed by atoms with Crippen molar-refractivity contribution in [2.75, 3.05) is 36.6 Å². The standard InChI is InChI=1S/C10H20N6O3S/c1-3-6-19-10-15-8(12-2)14-9(16-10)13-5-4-7-20(11,17)18/h3-7H2,1-2H3,(H2,11,17,18)(H2,12,13,14,15,16). The first kappa shape index (κ1) is 16.4. The quantitative estimate of drug-likeness (QED) is 0.534. The number of hydrogen-bond acceptors (Lipinski definition) is 8. The molecule has 1 aromatic heterocycles. The second-order valence-corrected chi connectivity index (χ2v) is 5.74. The highest BCUT2D eigenvalue weighted by molar-refractivity contribution is 7.89. The molecule has 0 aliphatic carbocycles. The summed E-state index contributed by atoms with van der Waals surface area (Å²) in [5.74, 6) is 0.605. The number of nitrogens with zero attached hydrogens (tertiary/aromatic N) is 3. The number of ether oxygens (including phenoxy) is 1. The lowest BCUT2D eigenvalue weighted by atomic mass is 10.5. The number of anilines is 2. The first-order valence-electron chi connectivity index (χ1n) is 6.25. The summed E-state index contributed by atoms with van der Waals surface area (Å²) in [7, 11) is -1.76. The Morgan fingerprint density at radius 3 is 2.55 bits per heavy atom. The number of hydrogen-bond donors (Lipinski definition) is 3. The predicted molar refractivity (Wildman–Crippen MR) is 76.2 cm³/mol. The third-order valence-corrected chi connectivity index (χ3v) is 3.02. The van der Waals surface area contributed by atoms with Gasteiger partial charge in [0.25, 0.3) is 0 Å². The van der Waals surface area contributed by atoms with E-state index in [9.17, 15) is 8.42 Å². The molecule has 1 heterocycles. The van der Waals surface area contributed by atoms with Crippen molar-refractivity contribution in [1.29, 1.82) is 0 Å². The number of aromatic nitrogens is 3. The summed E-state index contributed by atoms with van der Waals surface area (Å²) in [5.41, 5.74) is 0. The van der Waals surface area contributed by atoms with Crippen molar-refractivity contribution in [3.05, 3.63) is 0 Å². The van der Waals surface area contributed by atoms with E-state index in [1.165, 1.54) is 0 Å². The number of rotatable bonds is 9. The van der Waals surface area contributed by atoms with E-state index in [0.29, 0.717) is 31.5 Å². The molecule has 0 atom stereocenters. The van der Waals surface area contributed by atoms with E-state index >= 15 is 0 Å². The van der Waals surface area contributed by atoms with Gasteiger partial charge in [0, 0.05) is 13.6 Å². The fourth-order valence-electron chi connectivity index (χ4n) is 1.28. The smallest absolute Gasteiger partial charge is 0.323 e. The molecule has 1 aromatic rings. The van der Waals surface area contributed by atoms with Crippen molar-refractivity contribution in [3.63, 3.8) is 0 Å². The Morgan fingerprint density at radius 2 is 1.95 bits per heavy atom. The van der Waals surface area contributed by atoms with Gasteiger partial charge in [0.15, 0.2) is 0 Å². The zero-order valence-corrected chi connectivity index (χ0v) is 12.4. The predicted octanol–water partition coefficient (Wildman–Crippen LogP) is -0.207. The molecular formula is C10H20N6O3S. The van der Waals surface area contributed by atoms with Crippen LogP contribution in [-0.4, -0.2) is 49.3 Å². The van der Waals surface area contributed by atoms with Gasteiger partial charge < -0.3 is 15.4 Å². The maximum Gasteiger partial charge on any atom is 0.323 e. The van der Waals surface area contributed by atoms with Crippen LogP contribution in [0.3, 0.4) is 0 Å². The van der Waals surface area contributed by atoms with Crippen LogP contribution in [0.5, 0.6) is 6.01 Å². The summed E-state index contributed by atoms with van der Waals surface area (Å²) >= 11 is 0. The van der Waals surface area contributed by atoms with Gasteiger partial charge in [0.1, 0.15) is 0 Å². The average Bonchev–Trinajstić information content (AvgIpc) is 2.40. The van der Waals surface area contributed by atoms with Crippen molar-refractivity contribution in [2.45, 2.75) is 19.8 Å². The maximum atomic E-state index is 10.8. The molecule has 0 bridgehead atoms. The van der Waals surface area contributed by atoms with Gasteiger partial charge in [0.2, 0.25) is 21.9 Å². The number of primary sulfonamides is 1. The van der Waals surface area contributed by atoms with Gasteiger partial charge >= 0.3 is 6.01 Å². The second kappa shape index (κ2) is 7.80. The van der Waals surface area contributed by atoms with Crippen LogP contribution in [0, 0.1) is 0 Å². The lowest BCUT2D eigenvalue weighted by Gasteiger charge is -2.08. The summed E-state index contributed by atoms with van der Waals surface area (Å²) in [6.07, 6.45) is 1.21. The van der Waals surface area contributed by atoms with Crippen molar-refractivity contribution in [2.24, 2.45) is 5.14 Å². The molecule has 1 rings (SSSR count). The van der Waals surface area contributed by atoms with Crippen LogP contribution in [-0.2, 0) is 10.0 Å². The SMILES string of the molecule is CCCOc1nc(NC)nc(NCCCS(N)(=O)=O)n1. The largest absolute Gasteiger partial charge is 0.463 e. The number of sulfonamides is 1. The highest BCUT2D eigenvalue weighted by Gasteiger charge is 2.07. The first-order valence-corrected chi connectivity index (χ1v) is 7.97.